The molecule has 0 saturated heterocycles. The molecular formula is C29H32N4O4. The Balaban J connectivity index is 1.47. The molecule has 8 heteroatoms. The molecule has 2 heterocycles. The molecule has 0 spiro atoms. The number of pyridine rings is 1. The van der Waals surface area contributed by atoms with Gasteiger partial charge < -0.3 is 19.2 Å². The first-order chi connectivity index (χ1) is 18.1. The molecule has 4 rings (SSSR count). The summed E-state index contributed by atoms with van der Waals surface area (Å²) in [6.45, 7) is 3.59. The molecule has 1 N–H and O–H groups in total. The molecule has 1 amide bonds. The maximum atomic E-state index is 12.6. The third-order valence-corrected chi connectivity index (χ3v) is 6.21. The molecule has 0 aliphatic rings. The highest BCUT2D eigenvalue weighted by molar-refractivity contribution is 5.91. The quantitative estimate of drug-likeness (QED) is 0.298. The van der Waals surface area contributed by atoms with E-state index in [4.69, 9.17) is 13.9 Å². The number of nitrogens with one attached hydrogen (secondary N) is 1. The Morgan fingerprint density at radius 2 is 1.84 bits per heavy atom. The Morgan fingerprint density at radius 1 is 1.03 bits per heavy atom. The fourth-order valence-corrected chi connectivity index (χ4v) is 4.08. The maximum Gasteiger partial charge on any atom is 0.273 e. The predicted octanol–water partition coefficient (Wildman–Crippen LogP) is 4.82. The Kier molecular flexibility index (Phi) is 8.89. The minimum atomic E-state index is -0.273. The molecule has 0 fully saturated rings. The number of nitrogens with zero attached hydrogens (tertiary/aromatic N) is 3. The number of benzene rings is 2. The lowest BCUT2D eigenvalue weighted by molar-refractivity contribution is 0.0949. The lowest BCUT2D eigenvalue weighted by Crippen LogP contribution is -2.27. The highest BCUT2D eigenvalue weighted by atomic mass is 16.5. The molecule has 8 nitrogen and oxygen atoms in total. The van der Waals surface area contributed by atoms with Crippen LogP contribution in [0.2, 0.25) is 0 Å². The fourth-order valence-electron chi connectivity index (χ4n) is 4.08. The Morgan fingerprint density at radius 3 is 2.57 bits per heavy atom. The van der Waals surface area contributed by atoms with Crippen LogP contribution in [0.25, 0.3) is 0 Å². The molecule has 37 heavy (non-hydrogen) atoms. The molecule has 2 aromatic heterocycles. The van der Waals surface area contributed by atoms with Gasteiger partial charge in [0.2, 0.25) is 5.89 Å². The van der Waals surface area contributed by atoms with Gasteiger partial charge in [-0.2, -0.15) is 0 Å². The molecule has 1 atom stereocenters. The van der Waals surface area contributed by atoms with Crippen LogP contribution in [-0.2, 0) is 19.5 Å². The van der Waals surface area contributed by atoms with Crippen LogP contribution in [-0.4, -0.2) is 41.5 Å². The fraction of sp³-hybridized carbons (Fsp3) is 0.276. The van der Waals surface area contributed by atoms with E-state index in [1.54, 1.807) is 20.4 Å². The first kappa shape index (κ1) is 25.9. The van der Waals surface area contributed by atoms with E-state index in [0.29, 0.717) is 31.9 Å². The molecule has 0 aliphatic heterocycles. The number of ether oxygens (including phenoxy) is 2. The lowest BCUT2D eigenvalue weighted by Gasteiger charge is -2.29. The summed E-state index contributed by atoms with van der Waals surface area (Å²) in [5.41, 5.74) is 3.34. The Labute approximate surface area is 217 Å². The second-order valence-electron chi connectivity index (χ2n) is 8.62. The average Bonchev–Trinajstić information content (AvgIpc) is 3.42. The van der Waals surface area contributed by atoms with Gasteiger partial charge in [-0.05, 0) is 30.7 Å². The zero-order valence-electron chi connectivity index (χ0n) is 21.4. The molecule has 192 valence electrons. The number of hydrogen-bond donors (Lipinski definition) is 1. The Hall–Kier alpha value is -4.17. The first-order valence-electron chi connectivity index (χ1n) is 12.2. The first-order valence-corrected chi connectivity index (χ1v) is 12.2. The second kappa shape index (κ2) is 12.7. The van der Waals surface area contributed by atoms with Gasteiger partial charge in [0.1, 0.15) is 17.8 Å². The van der Waals surface area contributed by atoms with Gasteiger partial charge in [0.25, 0.3) is 5.91 Å². The third kappa shape index (κ3) is 6.95. The summed E-state index contributed by atoms with van der Waals surface area (Å²) in [6.07, 6.45) is 3.79. The molecule has 4 aromatic rings. The Bertz CT molecular complexity index is 1280. The summed E-state index contributed by atoms with van der Waals surface area (Å²) in [6, 6.07) is 21.8. The largest absolute Gasteiger partial charge is 0.497 e. The van der Waals surface area contributed by atoms with E-state index < -0.39 is 0 Å². The van der Waals surface area contributed by atoms with Crippen LogP contribution in [0, 0.1) is 0 Å². The highest BCUT2D eigenvalue weighted by Gasteiger charge is 2.22. The van der Waals surface area contributed by atoms with Crippen molar-refractivity contribution in [1.82, 2.24) is 20.2 Å². The van der Waals surface area contributed by atoms with Crippen molar-refractivity contribution in [2.45, 2.75) is 32.5 Å². The zero-order valence-corrected chi connectivity index (χ0v) is 21.4. The maximum absolute atomic E-state index is 12.6. The second-order valence-corrected chi connectivity index (χ2v) is 8.62. The van der Waals surface area contributed by atoms with Crippen molar-refractivity contribution in [1.29, 1.82) is 0 Å². The number of carbonyl (C=O) groups excluding carboxylic acids is 1. The van der Waals surface area contributed by atoms with Crippen molar-refractivity contribution < 1.29 is 18.7 Å². The van der Waals surface area contributed by atoms with E-state index in [-0.39, 0.29) is 17.6 Å². The van der Waals surface area contributed by atoms with Crippen LogP contribution in [0.5, 0.6) is 11.5 Å². The number of amides is 1. The van der Waals surface area contributed by atoms with Gasteiger partial charge >= 0.3 is 0 Å². The van der Waals surface area contributed by atoms with Gasteiger partial charge in [0.15, 0.2) is 5.69 Å². The van der Waals surface area contributed by atoms with Gasteiger partial charge in [-0.1, -0.05) is 42.5 Å². The monoisotopic (exact) mass is 500 g/mol. The van der Waals surface area contributed by atoms with Gasteiger partial charge in [-0.15, -0.1) is 0 Å². The van der Waals surface area contributed by atoms with Crippen LogP contribution in [0.4, 0.5) is 0 Å². The van der Waals surface area contributed by atoms with Crippen LogP contribution in [0.1, 0.15) is 46.2 Å². The van der Waals surface area contributed by atoms with Gasteiger partial charge in [-0.3, -0.25) is 14.7 Å². The summed E-state index contributed by atoms with van der Waals surface area (Å²) < 4.78 is 16.7. The van der Waals surface area contributed by atoms with Gasteiger partial charge in [0, 0.05) is 49.1 Å². The number of carbonyl (C=O) groups is 1. The van der Waals surface area contributed by atoms with Crippen LogP contribution in [0.15, 0.2) is 83.6 Å². The molecule has 0 aliphatic carbocycles. The normalized spacial score (nSPS) is 11.8. The predicted molar refractivity (Wildman–Crippen MR) is 140 cm³/mol. The SMILES string of the molecule is COc1ccc(CN(Cc2nc(C(=O)NCCc3ccccn3)co2)C(C)c2ccccc2)c(OC)c1. The molecule has 1 unspecified atom stereocenters. The molecule has 0 saturated carbocycles. The van der Waals surface area contributed by atoms with Crippen molar-refractivity contribution in [2.75, 3.05) is 20.8 Å². The lowest BCUT2D eigenvalue weighted by atomic mass is 10.1. The minimum Gasteiger partial charge on any atom is -0.497 e. The molecular weight excluding hydrogens is 468 g/mol. The van der Waals surface area contributed by atoms with Gasteiger partial charge in [0.05, 0.1) is 20.8 Å². The van der Waals surface area contributed by atoms with Crippen molar-refractivity contribution in [3.8, 4) is 11.5 Å². The number of rotatable bonds is 12. The minimum absolute atomic E-state index is 0.0514. The zero-order chi connectivity index (χ0) is 26.0. The van der Waals surface area contributed by atoms with E-state index in [0.717, 1.165) is 28.3 Å². The van der Waals surface area contributed by atoms with Crippen LogP contribution >= 0.6 is 0 Å². The van der Waals surface area contributed by atoms with Crippen molar-refractivity contribution in [3.05, 3.63) is 108 Å². The highest BCUT2D eigenvalue weighted by Crippen LogP contribution is 2.30. The average molecular weight is 501 g/mol. The topological polar surface area (TPSA) is 89.7 Å². The van der Waals surface area contributed by atoms with E-state index in [9.17, 15) is 4.79 Å². The van der Waals surface area contributed by atoms with Crippen LogP contribution < -0.4 is 14.8 Å². The summed E-state index contributed by atoms with van der Waals surface area (Å²) in [5.74, 6) is 1.66. The molecule has 0 bridgehead atoms. The van der Waals surface area contributed by atoms with Gasteiger partial charge in [-0.25, -0.2) is 4.98 Å². The van der Waals surface area contributed by atoms with E-state index >= 15 is 0 Å². The van der Waals surface area contributed by atoms with Crippen molar-refractivity contribution >= 4 is 5.91 Å². The van der Waals surface area contributed by atoms with Crippen molar-refractivity contribution in [3.63, 3.8) is 0 Å². The van der Waals surface area contributed by atoms with E-state index in [2.05, 4.69) is 39.2 Å². The standard InChI is InChI=1S/C29H32N4O4/c1-21(22-9-5-4-6-10-22)33(18-23-12-13-25(35-2)17-27(23)36-3)19-28-32-26(20-37-28)29(34)31-16-14-24-11-7-8-15-30-24/h4-13,15,17,20-21H,14,16,18-19H2,1-3H3,(H,31,34). The summed E-state index contributed by atoms with van der Waals surface area (Å²) in [5, 5.41) is 2.88. The number of aromatic nitrogens is 2. The smallest absolute Gasteiger partial charge is 0.273 e. The molecule has 2 aromatic carbocycles. The van der Waals surface area contributed by atoms with E-state index in [1.165, 1.54) is 6.26 Å². The molecule has 0 radical (unpaired) electrons. The summed E-state index contributed by atoms with van der Waals surface area (Å²) in [4.78, 5) is 23.6. The van der Waals surface area contributed by atoms with Crippen LogP contribution in [0.3, 0.4) is 0 Å². The summed E-state index contributed by atoms with van der Waals surface area (Å²) in [7, 11) is 3.28. The van der Waals surface area contributed by atoms with Crippen molar-refractivity contribution in [2.24, 2.45) is 0 Å². The number of oxazole rings is 1. The number of methoxy groups -OCH3 is 2. The van der Waals surface area contributed by atoms with E-state index in [1.807, 2.05) is 54.6 Å². The number of hydrogen-bond acceptors (Lipinski definition) is 7. The summed E-state index contributed by atoms with van der Waals surface area (Å²) >= 11 is 0. The third-order valence-electron chi connectivity index (χ3n) is 6.21.